The summed E-state index contributed by atoms with van der Waals surface area (Å²) in [4.78, 5) is 14.2. The summed E-state index contributed by atoms with van der Waals surface area (Å²) in [6.07, 6.45) is 0.982. The van der Waals surface area contributed by atoms with Gasteiger partial charge in [0.2, 0.25) is 0 Å². The maximum absolute atomic E-state index is 12.4. The summed E-state index contributed by atoms with van der Waals surface area (Å²) in [5, 5.41) is 0. The lowest BCUT2D eigenvalue weighted by molar-refractivity contribution is 0.0780. The van der Waals surface area contributed by atoms with Gasteiger partial charge in [-0.3, -0.25) is 4.79 Å². The molecule has 2 heteroatoms. The number of nitrogens with zero attached hydrogens (tertiary/aromatic N) is 1. The summed E-state index contributed by atoms with van der Waals surface area (Å²) in [7, 11) is 1.86. The lowest BCUT2D eigenvalue weighted by Gasteiger charge is -2.23. The van der Waals surface area contributed by atoms with E-state index in [4.69, 9.17) is 0 Å². The highest BCUT2D eigenvalue weighted by atomic mass is 16.2. The van der Waals surface area contributed by atoms with E-state index >= 15 is 0 Å². The highest BCUT2D eigenvalue weighted by Crippen LogP contribution is 2.19. The van der Waals surface area contributed by atoms with Crippen molar-refractivity contribution in [3.8, 4) is 11.8 Å². The van der Waals surface area contributed by atoms with Crippen molar-refractivity contribution in [1.29, 1.82) is 0 Å². The molecule has 0 unspecified atom stereocenters. The minimum Gasteiger partial charge on any atom is -0.342 e. The second-order valence-corrected chi connectivity index (χ2v) is 7.23. The molecule has 0 spiro atoms. The second kappa shape index (κ2) is 7.84. The molecule has 0 aliphatic carbocycles. The Kier molecular flexibility index (Phi) is 5.82. The van der Waals surface area contributed by atoms with Crippen molar-refractivity contribution in [2.24, 2.45) is 5.41 Å². The smallest absolute Gasteiger partial charge is 0.253 e. The monoisotopic (exact) mass is 319 g/mol. The molecule has 0 bridgehead atoms. The van der Waals surface area contributed by atoms with Crippen molar-refractivity contribution >= 4 is 5.91 Å². The highest BCUT2D eigenvalue weighted by Gasteiger charge is 2.15. The highest BCUT2D eigenvalue weighted by molar-refractivity contribution is 5.94. The first-order valence-corrected chi connectivity index (χ1v) is 8.28. The van der Waals surface area contributed by atoms with E-state index in [1.165, 1.54) is 0 Å². The Bertz CT molecular complexity index is 728. The standard InChI is InChI=1S/C22H25NO/c1-22(2,3)16-17-23(4)21(24)20-14-12-19(13-15-20)11-10-18-8-6-5-7-9-18/h5-9,12-15H,16-17H2,1-4H3. The van der Waals surface area contributed by atoms with Crippen LogP contribution in [-0.4, -0.2) is 24.4 Å². The van der Waals surface area contributed by atoms with E-state index in [9.17, 15) is 4.79 Å². The van der Waals surface area contributed by atoms with Crippen molar-refractivity contribution in [2.75, 3.05) is 13.6 Å². The number of hydrogen-bond donors (Lipinski definition) is 0. The summed E-state index contributed by atoms with van der Waals surface area (Å²) >= 11 is 0. The molecule has 0 N–H and O–H groups in total. The van der Waals surface area contributed by atoms with Crippen molar-refractivity contribution in [3.63, 3.8) is 0 Å². The normalized spacial score (nSPS) is 10.7. The van der Waals surface area contributed by atoms with Gasteiger partial charge in [0.15, 0.2) is 0 Å². The molecule has 0 saturated carbocycles. The molecule has 2 aromatic rings. The summed E-state index contributed by atoms with van der Waals surface area (Å²) in [5.41, 5.74) is 2.83. The molecule has 0 saturated heterocycles. The van der Waals surface area contributed by atoms with Gasteiger partial charge in [0, 0.05) is 30.3 Å². The van der Waals surface area contributed by atoms with Crippen LogP contribution in [0, 0.1) is 17.3 Å². The van der Waals surface area contributed by atoms with Gasteiger partial charge in [0.05, 0.1) is 0 Å². The Morgan fingerprint density at radius 2 is 1.46 bits per heavy atom. The zero-order valence-corrected chi connectivity index (χ0v) is 15.0. The Balaban J connectivity index is 2.01. The van der Waals surface area contributed by atoms with E-state index in [1.54, 1.807) is 4.90 Å². The molecule has 2 nitrogen and oxygen atoms in total. The average molecular weight is 319 g/mol. The van der Waals surface area contributed by atoms with Gasteiger partial charge in [0.25, 0.3) is 5.91 Å². The van der Waals surface area contributed by atoms with Gasteiger partial charge in [-0.2, -0.15) is 0 Å². The van der Waals surface area contributed by atoms with E-state index < -0.39 is 0 Å². The predicted molar refractivity (Wildman–Crippen MR) is 99.9 cm³/mol. The molecule has 1 amide bonds. The molecule has 24 heavy (non-hydrogen) atoms. The topological polar surface area (TPSA) is 20.3 Å². The molecule has 0 aliphatic rings. The Hall–Kier alpha value is -2.53. The molecule has 0 radical (unpaired) electrons. The van der Waals surface area contributed by atoms with Gasteiger partial charge >= 0.3 is 0 Å². The first-order chi connectivity index (χ1) is 11.3. The van der Waals surface area contributed by atoms with Gasteiger partial charge in [0.1, 0.15) is 0 Å². The van der Waals surface area contributed by atoms with Gasteiger partial charge in [-0.1, -0.05) is 50.8 Å². The fourth-order valence-electron chi connectivity index (χ4n) is 2.19. The molecule has 0 aliphatic heterocycles. The molecule has 2 aromatic carbocycles. The van der Waals surface area contributed by atoms with Crippen LogP contribution in [0.25, 0.3) is 0 Å². The Morgan fingerprint density at radius 1 is 0.917 bits per heavy atom. The van der Waals surface area contributed by atoms with Crippen LogP contribution >= 0.6 is 0 Å². The minimum absolute atomic E-state index is 0.0572. The van der Waals surface area contributed by atoms with Crippen LogP contribution < -0.4 is 0 Å². The number of hydrogen-bond acceptors (Lipinski definition) is 1. The van der Waals surface area contributed by atoms with E-state index in [0.29, 0.717) is 5.56 Å². The summed E-state index contributed by atoms with van der Waals surface area (Å²) in [6, 6.07) is 17.4. The van der Waals surface area contributed by atoms with Crippen molar-refractivity contribution in [3.05, 3.63) is 71.3 Å². The number of amides is 1. The second-order valence-electron chi connectivity index (χ2n) is 7.23. The van der Waals surface area contributed by atoms with Gasteiger partial charge in [-0.05, 0) is 48.2 Å². The van der Waals surface area contributed by atoms with Crippen LogP contribution in [0.3, 0.4) is 0 Å². The maximum Gasteiger partial charge on any atom is 0.253 e. The van der Waals surface area contributed by atoms with E-state index in [0.717, 1.165) is 24.1 Å². The third-order valence-corrected chi connectivity index (χ3v) is 3.80. The number of carbonyl (C=O) groups excluding carboxylic acids is 1. The first kappa shape index (κ1) is 17.8. The van der Waals surface area contributed by atoms with E-state index in [-0.39, 0.29) is 11.3 Å². The molecule has 2 rings (SSSR count). The summed E-state index contributed by atoms with van der Waals surface area (Å²) < 4.78 is 0. The Labute approximate surface area is 145 Å². The molecule has 0 aromatic heterocycles. The van der Waals surface area contributed by atoms with Crippen molar-refractivity contribution < 1.29 is 4.79 Å². The van der Waals surface area contributed by atoms with Crippen LogP contribution in [0.2, 0.25) is 0 Å². The largest absolute Gasteiger partial charge is 0.342 e. The summed E-state index contributed by atoms with van der Waals surface area (Å²) in [5.74, 6) is 6.31. The van der Waals surface area contributed by atoms with Gasteiger partial charge in [-0.15, -0.1) is 0 Å². The molecular formula is C22H25NO. The number of carbonyl (C=O) groups is 1. The quantitative estimate of drug-likeness (QED) is 0.757. The summed E-state index contributed by atoms with van der Waals surface area (Å²) in [6.45, 7) is 7.32. The molecule has 124 valence electrons. The van der Waals surface area contributed by atoms with Gasteiger partial charge in [-0.25, -0.2) is 0 Å². The SMILES string of the molecule is CN(CCC(C)(C)C)C(=O)c1ccc(C#Cc2ccccc2)cc1. The minimum atomic E-state index is 0.0572. The van der Waals surface area contributed by atoms with Gasteiger partial charge < -0.3 is 4.90 Å². The maximum atomic E-state index is 12.4. The van der Waals surface area contributed by atoms with Crippen LogP contribution in [0.5, 0.6) is 0 Å². The van der Waals surface area contributed by atoms with Crippen LogP contribution in [-0.2, 0) is 0 Å². The molecular weight excluding hydrogens is 294 g/mol. The first-order valence-electron chi connectivity index (χ1n) is 8.28. The zero-order chi connectivity index (χ0) is 17.6. The fourth-order valence-corrected chi connectivity index (χ4v) is 2.19. The number of benzene rings is 2. The van der Waals surface area contributed by atoms with Crippen molar-refractivity contribution in [1.82, 2.24) is 4.90 Å². The molecule has 0 fully saturated rings. The molecule has 0 atom stereocenters. The van der Waals surface area contributed by atoms with Crippen LogP contribution in [0.4, 0.5) is 0 Å². The van der Waals surface area contributed by atoms with Crippen molar-refractivity contribution in [2.45, 2.75) is 27.2 Å². The Morgan fingerprint density at radius 3 is 2.00 bits per heavy atom. The average Bonchev–Trinajstić information content (AvgIpc) is 2.58. The predicted octanol–water partition coefficient (Wildman–Crippen LogP) is 4.59. The lowest BCUT2D eigenvalue weighted by Crippen LogP contribution is -2.29. The lowest BCUT2D eigenvalue weighted by atomic mass is 9.92. The fraction of sp³-hybridized carbons (Fsp3) is 0.318. The van der Waals surface area contributed by atoms with Crippen LogP contribution in [0.1, 0.15) is 48.7 Å². The third kappa shape index (κ3) is 5.59. The van der Waals surface area contributed by atoms with Crippen LogP contribution in [0.15, 0.2) is 54.6 Å². The number of rotatable bonds is 3. The zero-order valence-electron chi connectivity index (χ0n) is 15.0. The van der Waals surface area contributed by atoms with E-state index in [2.05, 4.69) is 32.6 Å². The third-order valence-electron chi connectivity index (χ3n) is 3.80. The molecule has 0 heterocycles. The van der Waals surface area contributed by atoms with E-state index in [1.807, 2.05) is 61.6 Å².